The second-order valence-electron chi connectivity index (χ2n) is 13.9. The summed E-state index contributed by atoms with van der Waals surface area (Å²) in [5.41, 5.74) is 13.2. The average Bonchev–Trinajstić information content (AvgIpc) is 3.91. The fraction of sp³-hybridized carbons (Fsp3) is 0. The van der Waals surface area contributed by atoms with Crippen molar-refractivity contribution in [3.05, 3.63) is 164 Å². The van der Waals surface area contributed by atoms with Gasteiger partial charge in [0.05, 0.1) is 5.56 Å². The third kappa shape index (κ3) is 4.18. The highest BCUT2D eigenvalue weighted by Gasteiger charge is 2.24. The fourth-order valence-electron chi connectivity index (χ4n) is 8.50. The first kappa shape index (κ1) is 29.2. The van der Waals surface area contributed by atoms with Crippen molar-refractivity contribution >= 4 is 54.6 Å². The number of aromatic nitrogens is 3. The second-order valence-corrected chi connectivity index (χ2v) is 13.9. The quantitative estimate of drug-likeness (QED) is 0.184. The maximum atomic E-state index is 6.52. The van der Waals surface area contributed by atoms with Gasteiger partial charge in [0.2, 0.25) is 0 Å². The van der Waals surface area contributed by atoms with Crippen LogP contribution in [0.2, 0.25) is 0 Å². The lowest BCUT2D eigenvalue weighted by molar-refractivity contribution is 0.668. The predicted molar refractivity (Wildman–Crippen MR) is 218 cm³/mol. The molecule has 0 amide bonds. The van der Waals surface area contributed by atoms with Crippen molar-refractivity contribution in [3.8, 4) is 67.5 Å². The number of furan rings is 2. The molecule has 1 aliphatic rings. The topological polar surface area (TPSA) is 65.0 Å². The Kier molecular flexibility index (Phi) is 5.99. The van der Waals surface area contributed by atoms with Crippen molar-refractivity contribution in [3.63, 3.8) is 0 Å². The van der Waals surface area contributed by atoms with E-state index in [1.807, 2.05) is 72.8 Å². The van der Waals surface area contributed by atoms with E-state index >= 15 is 0 Å². The SMILES string of the molecule is c1ccc(-c2nc(-c3cccc4c3oc3ccccc34)nc(-c3cccc4oc5ccc(-c6ccc7c8c(cccc68)-c6ccccc6-7)cc5c34)n2)cc1. The minimum absolute atomic E-state index is 0.544. The predicted octanol–water partition coefficient (Wildman–Crippen LogP) is 13.1. The fourth-order valence-corrected chi connectivity index (χ4v) is 8.50. The summed E-state index contributed by atoms with van der Waals surface area (Å²) in [6.45, 7) is 0. The van der Waals surface area contributed by atoms with Crippen LogP contribution in [-0.4, -0.2) is 15.0 Å². The Labute approximate surface area is 308 Å². The van der Waals surface area contributed by atoms with E-state index in [1.54, 1.807) is 0 Å². The van der Waals surface area contributed by atoms with Crippen LogP contribution in [0.4, 0.5) is 0 Å². The summed E-state index contributed by atoms with van der Waals surface area (Å²) in [5, 5.41) is 6.59. The van der Waals surface area contributed by atoms with Crippen LogP contribution < -0.4 is 0 Å². The van der Waals surface area contributed by atoms with Gasteiger partial charge >= 0.3 is 0 Å². The van der Waals surface area contributed by atoms with Gasteiger partial charge in [0.15, 0.2) is 17.5 Å². The van der Waals surface area contributed by atoms with Gasteiger partial charge in [0, 0.05) is 32.7 Å². The minimum Gasteiger partial charge on any atom is -0.456 e. The molecule has 0 unspecified atom stereocenters. The van der Waals surface area contributed by atoms with Gasteiger partial charge in [0.25, 0.3) is 0 Å². The van der Waals surface area contributed by atoms with E-state index in [9.17, 15) is 0 Å². The molecule has 0 radical (unpaired) electrons. The smallest absolute Gasteiger partial charge is 0.167 e. The zero-order valence-electron chi connectivity index (χ0n) is 28.7. The Balaban J connectivity index is 1.08. The third-order valence-corrected chi connectivity index (χ3v) is 10.9. The Morgan fingerprint density at radius 2 is 0.889 bits per heavy atom. The van der Waals surface area contributed by atoms with Gasteiger partial charge in [-0.1, -0.05) is 133 Å². The summed E-state index contributed by atoms with van der Waals surface area (Å²) >= 11 is 0. The van der Waals surface area contributed by atoms with E-state index < -0.39 is 0 Å². The lowest BCUT2D eigenvalue weighted by Gasteiger charge is -2.11. The van der Waals surface area contributed by atoms with Crippen LogP contribution in [0.15, 0.2) is 173 Å². The number of benzene rings is 8. The molecular formula is C49H27N3O2. The van der Waals surface area contributed by atoms with Gasteiger partial charge in [-0.2, -0.15) is 0 Å². The Morgan fingerprint density at radius 3 is 1.76 bits per heavy atom. The monoisotopic (exact) mass is 689 g/mol. The largest absolute Gasteiger partial charge is 0.456 e. The lowest BCUT2D eigenvalue weighted by Crippen LogP contribution is -2.00. The number of nitrogens with zero attached hydrogens (tertiary/aromatic N) is 3. The van der Waals surface area contributed by atoms with Gasteiger partial charge in [0.1, 0.15) is 22.3 Å². The normalized spacial score (nSPS) is 12.1. The van der Waals surface area contributed by atoms with Crippen molar-refractivity contribution in [2.45, 2.75) is 0 Å². The molecule has 54 heavy (non-hydrogen) atoms. The van der Waals surface area contributed by atoms with E-state index in [4.69, 9.17) is 23.8 Å². The summed E-state index contributed by atoms with van der Waals surface area (Å²) in [4.78, 5) is 15.4. The summed E-state index contributed by atoms with van der Waals surface area (Å²) in [7, 11) is 0. The first-order valence-corrected chi connectivity index (χ1v) is 18.1. The first-order chi connectivity index (χ1) is 26.8. The highest BCUT2D eigenvalue weighted by Crippen LogP contribution is 2.49. The first-order valence-electron chi connectivity index (χ1n) is 18.1. The van der Waals surface area contributed by atoms with Crippen LogP contribution in [0.25, 0.3) is 122 Å². The van der Waals surface area contributed by atoms with Crippen LogP contribution in [0.3, 0.4) is 0 Å². The summed E-state index contributed by atoms with van der Waals surface area (Å²) in [6.07, 6.45) is 0. The molecule has 0 atom stereocenters. The van der Waals surface area contributed by atoms with Crippen LogP contribution in [0.5, 0.6) is 0 Å². The lowest BCUT2D eigenvalue weighted by atomic mass is 9.93. The van der Waals surface area contributed by atoms with Crippen LogP contribution in [-0.2, 0) is 0 Å². The van der Waals surface area contributed by atoms with Crippen molar-refractivity contribution < 1.29 is 8.83 Å². The van der Waals surface area contributed by atoms with Crippen molar-refractivity contribution in [1.29, 1.82) is 0 Å². The molecule has 11 aromatic rings. The Hall–Kier alpha value is -7.37. The maximum absolute atomic E-state index is 6.52. The highest BCUT2D eigenvalue weighted by molar-refractivity contribution is 6.20. The molecule has 5 heteroatoms. The van der Waals surface area contributed by atoms with E-state index in [1.165, 1.54) is 38.6 Å². The average molecular weight is 690 g/mol. The second kappa shape index (κ2) is 11.1. The molecule has 1 aliphatic carbocycles. The molecule has 8 aromatic carbocycles. The van der Waals surface area contributed by atoms with Crippen molar-refractivity contribution in [1.82, 2.24) is 15.0 Å². The molecule has 0 saturated heterocycles. The van der Waals surface area contributed by atoms with Gasteiger partial charge in [-0.25, -0.2) is 15.0 Å². The molecule has 0 aliphatic heterocycles. The standard InChI is InChI=1S/C49H27N3O2/c1-2-11-28(12-3-1)47-50-48(52-49(51-47)39-20-9-18-37-33-15-6-7-21-41(33)54-46(37)39)38-19-10-22-43-45(38)40-27-29(23-26-42(40)53-43)30-24-25-36-32-14-5-4-13-31(32)35-17-8-16-34(30)44(35)36/h1-27H. The van der Waals surface area contributed by atoms with Gasteiger partial charge in [-0.15, -0.1) is 0 Å². The van der Waals surface area contributed by atoms with Gasteiger partial charge in [-0.3, -0.25) is 0 Å². The number of rotatable bonds is 4. The highest BCUT2D eigenvalue weighted by atomic mass is 16.3. The molecular weight excluding hydrogens is 663 g/mol. The van der Waals surface area contributed by atoms with Crippen LogP contribution >= 0.6 is 0 Å². The summed E-state index contributed by atoms with van der Waals surface area (Å²) in [5.74, 6) is 1.69. The van der Waals surface area contributed by atoms with Crippen molar-refractivity contribution in [2.24, 2.45) is 0 Å². The molecule has 0 spiro atoms. The number of fused-ring (bicyclic) bond motifs is 9. The number of para-hydroxylation sites is 2. The third-order valence-electron chi connectivity index (χ3n) is 10.9. The summed E-state index contributed by atoms with van der Waals surface area (Å²) in [6, 6.07) is 56.8. The number of hydrogen-bond donors (Lipinski definition) is 0. The Morgan fingerprint density at radius 1 is 0.296 bits per heavy atom. The zero-order valence-corrected chi connectivity index (χ0v) is 28.7. The van der Waals surface area contributed by atoms with Crippen LogP contribution in [0.1, 0.15) is 0 Å². The zero-order chi connectivity index (χ0) is 35.3. The molecule has 5 nitrogen and oxygen atoms in total. The van der Waals surface area contributed by atoms with Gasteiger partial charge < -0.3 is 8.83 Å². The van der Waals surface area contributed by atoms with E-state index in [2.05, 4.69) is 91.0 Å². The van der Waals surface area contributed by atoms with E-state index in [0.717, 1.165) is 66.1 Å². The molecule has 250 valence electrons. The number of hydrogen-bond acceptors (Lipinski definition) is 5. The summed E-state index contributed by atoms with van der Waals surface area (Å²) < 4.78 is 13.0. The van der Waals surface area contributed by atoms with Crippen LogP contribution in [0, 0.1) is 0 Å². The van der Waals surface area contributed by atoms with Crippen molar-refractivity contribution in [2.75, 3.05) is 0 Å². The molecule has 3 heterocycles. The molecule has 0 saturated carbocycles. The van der Waals surface area contributed by atoms with E-state index in [0.29, 0.717) is 17.5 Å². The molecule has 0 bridgehead atoms. The molecule has 3 aromatic heterocycles. The minimum atomic E-state index is 0.544. The maximum Gasteiger partial charge on any atom is 0.167 e. The van der Waals surface area contributed by atoms with Gasteiger partial charge in [-0.05, 0) is 74.5 Å². The molecule has 0 N–H and O–H groups in total. The van der Waals surface area contributed by atoms with E-state index in [-0.39, 0.29) is 0 Å². The Bertz CT molecular complexity index is 3310. The molecule has 12 rings (SSSR count). The molecule has 0 fully saturated rings.